The van der Waals surface area contributed by atoms with Crippen LogP contribution >= 0.6 is 0 Å². The van der Waals surface area contributed by atoms with Gasteiger partial charge in [0.15, 0.2) is 0 Å². The first kappa shape index (κ1) is 15.3. The molecule has 1 aliphatic heterocycles. The second kappa shape index (κ2) is 7.65. The van der Waals surface area contributed by atoms with Crippen LogP contribution in [-0.2, 0) is 6.42 Å². The highest BCUT2D eigenvalue weighted by Crippen LogP contribution is 2.28. The predicted molar refractivity (Wildman–Crippen MR) is 85.5 cm³/mol. The maximum atomic E-state index is 9.24. The lowest BCUT2D eigenvalue weighted by Gasteiger charge is -2.34. The molecule has 112 valence electrons. The fraction of sp³-hybridized carbons (Fsp3) is 0.647. The summed E-state index contributed by atoms with van der Waals surface area (Å²) >= 11 is 0. The number of benzene rings is 1. The summed E-state index contributed by atoms with van der Waals surface area (Å²) in [5.41, 5.74) is 4.22. The molecule has 1 aromatic carbocycles. The molecule has 0 spiro atoms. The van der Waals surface area contributed by atoms with E-state index in [1.807, 2.05) is 0 Å². The number of hydrogen-bond donors (Lipinski definition) is 2. The van der Waals surface area contributed by atoms with Crippen LogP contribution in [0.15, 0.2) is 18.2 Å². The van der Waals surface area contributed by atoms with E-state index in [-0.39, 0.29) is 6.61 Å². The van der Waals surface area contributed by atoms with Gasteiger partial charge in [0.05, 0.1) is 0 Å². The Balaban J connectivity index is 2.05. The van der Waals surface area contributed by atoms with Gasteiger partial charge in [0.25, 0.3) is 0 Å². The Kier molecular flexibility index (Phi) is 5.86. The van der Waals surface area contributed by atoms with Gasteiger partial charge in [-0.2, -0.15) is 0 Å². The van der Waals surface area contributed by atoms with Gasteiger partial charge in [-0.1, -0.05) is 24.6 Å². The molecule has 3 nitrogen and oxygen atoms in total. The summed E-state index contributed by atoms with van der Waals surface area (Å²) in [4.78, 5) is 2.49. The average molecular weight is 276 g/mol. The van der Waals surface area contributed by atoms with Crippen LogP contribution in [-0.4, -0.2) is 37.4 Å². The van der Waals surface area contributed by atoms with Crippen molar-refractivity contribution in [1.82, 2.24) is 5.32 Å². The van der Waals surface area contributed by atoms with Crippen LogP contribution < -0.4 is 10.2 Å². The van der Waals surface area contributed by atoms with Crippen LogP contribution in [0.5, 0.6) is 0 Å². The van der Waals surface area contributed by atoms with Crippen molar-refractivity contribution in [3.8, 4) is 0 Å². The summed E-state index contributed by atoms with van der Waals surface area (Å²) in [6.45, 7) is 7.76. The zero-order chi connectivity index (χ0) is 14.4. The molecular formula is C17H28N2O. The van der Waals surface area contributed by atoms with Crippen molar-refractivity contribution in [1.29, 1.82) is 0 Å². The summed E-state index contributed by atoms with van der Waals surface area (Å²) in [6.07, 6.45) is 4.39. The van der Waals surface area contributed by atoms with E-state index in [1.54, 1.807) is 0 Å². The van der Waals surface area contributed by atoms with E-state index in [2.05, 4.69) is 42.3 Å². The molecule has 0 aliphatic carbocycles. The van der Waals surface area contributed by atoms with Crippen LogP contribution in [0.4, 0.5) is 5.69 Å². The maximum absolute atomic E-state index is 9.24. The molecule has 1 aliphatic rings. The monoisotopic (exact) mass is 276 g/mol. The van der Waals surface area contributed by atoms with Crippen molar-refractivity contribution in [2.24, 2.45) is 0 Å². The second-order valence-corrected chi connectivity index (χ2v) is 5.85. The fourth-order valence-electron chi connectivity index (χ4n) is 3.02. The van der Waals surface area contributed by atoms with Crippen molar-refractivity contribution in [2.75, 3.05) is 31.1 Å². The van der Waals surface area contributed by atoms with E-state index < -0.39 is 0 Å². The van der Waals surface area contributed by atoms with Gasteiger partial charge in [-0.15, -0.1) is 0 Å². The minimum atomic E-state index is 0.260. The molecule has 0 bridgehead atoms. The van der Waals surface area contributed by atoms with Crippen molar-refractivity contribution < 1.29 is 5.11 Å². The number of aliphatic hydroxyl groups excluding tert-OH is 1. The largest absolute Gasteiger partial charge is 0.396 e. The van der Waals surface area contributed by atoms with E-state index in [0.717, 1.165) is 32.5 Å². The number of anilines is 1. The van der Waals surface area contributed by atoms with Gasteiger partial charge in [-0.25, -0.2) is 0 Å². The number of hydrogen-bond acceptors (Lipinski definition) is 3. The summed E-state index contributed by atoms with van der Waals surface area (Å²) in [6, 6.07) is 7.17. The lowest BCUT2D eigenvalue weighted by Crippen LogP contribution is -2.43. The molecule has 1 aromatic rings. The Hall–Kier alpha value is -1.06. The fourth-order valence-corrected chi connectivity index (χ4v) is 3.02. The van der Waals surface area contributed by atoms with Crippen LogP contribution in [0, 0.1) is 6.92 Å². The molecule has 20 heavy (non-hydrogen) atoms. The Bertz CT molecular complexity index is 419. The summed E-state index contributed by atoms with van der Waals surface area (Å²) in [5, 5.41) is 12.8. The maximum Gasteiger partial charge on any atom is 0.0446 e. The quantitative estimate of drug-likeness (QED) is 0.803. The molecule has 1 heterocycles. The van der Waals surface area contributed by atoms with Crippen molar-refractivity contribution in [3.63, 3.8) is 0 Å². The smallest absolute Gasteiger partial charge is 0.0446 e. The zero-order valence-electron chi connectivity index (χ0n) is 12.9. The number of aliphatic hydroxyl groups is 1. The number of nitrogens with one attached hydrogen (secondary N) is 1. The van der Waals surface area contributed by atoms with Gasteiger partial charge in [0.1, 0.15) is 0 Å². The lowest BCUT2D eigenvalue weighted by molar-refractivity contribution is 0.264. The molecule has 0 fully saturated rings. The molecule has 0 amide bonds. The van der Waals surface area contributed by atoms with Crippen molar-refractivity contribution in [3.05, 3.63) is 29.3 Å². The van der Waals surface area contributed by atoms with Crippen LogP contribution in [0.1, 0.15) is 37.3 Å². The van der Waals surface area contributed by atoms with Gasteiger partial charge in [0, 0.05) is 31.4 Å². The molecule has 0 saturated heterocycles. The molecular weight excluding hydrogens is 248 g/mol. The zero-order valence-corrected chi connectivity index (χ0v) is 12.9. The van der Waals surface area contributed by atoms with Crippen LogP contribution in [0.3, 0.4) is 0 Å². The highest BCUT2D eigenvalue weighted by atomic mass is 16.3. The van der Waals surface area contributed by atoms with E-state index in [9.17, 15) is 5.11 Å². The number of aryl methyl sites for hydroxylation is 2. The molecule has 0 saturated carbocycles. The standard InChI is InChI=1S/C17H28N2O/c1-3-9-18-16(8-11-20)13-19-10-4-5-15-12-14(2)6-7-17(15)19/h6-7,12,16,18,20H,3-5,8-11,13H2,1-2H3. The Morgan fingerprint density at radius 1 is 1.40 bits per heavy atom. The SMILES string of the molecule is CCCNC(CCO)CN1CCCc2cc(C)ccc21. The third kappa shape index (κ3) is 3.97. The molecule has 0 aromatic heterocycles. The Labute approximate surface area is 123 Å². The molecule has 1 atom stereocenters. The van der Waals surface area contributed by atoms with E-state index in [4.69, 9.17) is 0 Å². The topological polar surface area (TPSA) is 35.5 Å². The van der Waals surface area contributed by atoms with Gasteiger partial charge in [-0.3, -0.25) is 0 Å². The van der Waals surface area contributed by atoms with Gasteiger partial charge in [0.2, 0.25) is 0 Å². The van der Waals surface area contributed by atoms with Gasteiger partial charge in [-0.05, 0) is 50.8 Å². The first-order valence-electron chi connectivity index (χ1n) is 7.93. The van der Waals surface area contributed by atoms with Crippen molar-refractivity contribution in [2.45, 2.75) is 45.6 Å². The predicted octanol–water partition coefficient (Wildman–Crippen LogP) is 2.50. The Morgan fingerprint density at radius 2 is 2.25 bits per heavy atom. The summed E-state index contributed by atoms with van der Waals surface area (Å²) in [5.74, 6) is 0. The second-order valence-electron chi connectivity index (χ2n) is 5.85. The minimum absolute atomic E-state index is 0.260. The molecule has 2 N–H and O–H groups in total. The lowest BCUT2D eigenvalue weighted by atomic mass is 9.99. The average Bonchev–Trinajstić information content (AvgIpc) is 2.45. The summed E-state index contributed by atoms with van der Waals surface area (Å²) in [7, 11) is 0. The summed E-state index contributed by atoms with van der Waals surface area (Å²) < 4.78 is 0. The van der Waals surface area contributed by atoms with E-state index in [0.29, 0.717) is 6.04 Å². The number of fused-ring (bicyclic) bond motifs is 1. The van der Waals surface area contributed by atoms with Crippen molar-refractivity contribution >= 4 is 5.69 Å². The van der Waals surface area contributed by atoms with Gasteiger partial charge >= 0.3 is 0 Å². The normalized spacial score (nSPS) is 16.1. The number of nitrogens with zero attached hydrogens (tertiary/aromatic N) is 1. The highest BCUT2D eigenvalue weighted by molar-refractivity contribution is 5.56. The third-order valence-corrected chi connectivity index (χ3v) is 4.05. The van der Waals surface area contributed by atoms with E-state index in [1.165, 1.54) is 29.7 Å². The van der Waals surface area contributed by atoms with Crippen LogP contribution in [0.2, 0.25) is 0 Å². The first-order chi connectivity index (χ1) is 9.74. The molecule has 3 heteroatoms. The Morgan fingerprint density at radius 3 is 3.00 bits per heavy atom. The minimum Gasteiger partial charge on any atom is -0.396 e. The molecule has 0 radical (unpaired) electrons. The molecule has 1 unspecified atom stereocenters. The van der Waals surface area contributed by atoms with Gasteiger partial charge < -0.3 is 15.3 Å². The third-order valence-electron chi connectivity index (χ3n) is 4.05. The van der Waals surface area contributed by atoms with Crippen LogP contribution in [0.25, 0.3) is 0 Å². The highest BCUT2D eigenvalue weighted by Gasteiger charge is 2.19. The molecule has 2 rings (SSSR count). The first-order valence-corrected chi connectivity index (χ1v) is 7.93. The van der Waals surface area contributed by atoms with E-state index >= 15 is 0 Å². The number of rotatable bonds is 7.